The van der Waals surface area contributed by atoms with Gasteiger partial charge in [-0.15, -0.1) is 11.8 Å². The number of benzene rings is 1. The number of aliphatic hydroxyl groups is 1. The third-order valence-electron chi connectivity index (χ3n) is 3.82. The molecule has 1 aromatic carbocycles. The Bertz CT molecular complexity index is 452. The summed E-state index contributed by atoms with van der Waals surface area (Å²) in [5.74, 6) is 1.43. The summed E-state index contributed by atoms with van der Waals surface area (Å²) in [5.41, 5.74) is 1.17. The van der Waals surface area contributed by atoms with E-state index in [0.29, 0.717) is 5.75 Å². The van der Waals surface area contributed by atoms with Gasteiger partial charge in [0.2, 0.25) is 5.91 Å². The Labute approximate surface area is 135 Å². The van der Waals surface area contributed by atoms with E-state index in [1.807, 2.05) is 29.2 Å². The number of hydrogen-bond donors (Lipinski definition) is 1. The van der Waals surface area contributed by atoms with Gasteiger partial charge in [0.25, 0.3) is 0 Å². The highest BCUT2D eigenvalue weighted by atomic mass is 35.5. The molecule has 0 saturated carbocycles. The van der Waals surface area contributed by atoms with E-state index >= 15 is 0 Å². The molecule has 0 aliphatic carbocycles. The average Bonchev–Trinajstić information content (AvgIpc) is 2.74. The largest absolute Gasteiger partial charge is 0.394 e. The SMILES string of the molecule is O=C(CSCc1ccc(Cl)cc1)N1CCCCCC1CO. The molecule has 1 saturated heterocycles. The third-order valence-corrected chi connectivity index (χ3v) is 5.06. The maximum absolute atomic E-state index is 12.3. The van der Waals surface area contributed by atoms with Gasteiger partial charge in [0.15, 0.2) is 0 Å². The van der Waals surface area contributed by atoms with Crippen LogP contribution in [0, 0.1) is 0 Å². The molecule has 1 unspecified atom stereocenters. The Hall–Kier alpha value is -0.710. The fourth-order valence-electron chi connectivity index (χ4n) is 2.62. The van der Waals surface area contributed by atoms with E-state index in [4.69, 9.17) is 11.6 Å². The number of amides is 1. The van der Waals surface area contributed by atoms with Crippen LogP contribution in [-0.4, -0.2) is 40.9 Å². The Kier molecular flexibility index (Phi) is 6.87. The van der Waals surface area contributed by atoms with Crippen molar-refractivity contribution in [2.45, 2.75) is 37.5 Å². The van der Waals surface area contributed by atoms with Gasteiger partial charge in [-0.2, -0.15) is 0 Å². The highest BCUT2D eigenvalue weighted by Crippen LogP contribution is 2.20. The van der Waals surface area contributed by atoms with E-state index in [1.54, 1.807) is 11.8 Å². The summed E-state index contributed by atoms with van der Waals surface area (Å²) in [7, 11) is 0. The lowest BCUT2D eigenvalue weighted by molar-refractivity contribution is -0.131. The fraction of sp³-hybridized carbons (Fsp3) is 0.562. The highest BCUT2D eigenvalue weighted by Gasteiger charge is 2.24. The van der Waals surface area contributed by atoms with Crippen LogP contribution in [0.4, 0.5) is 0 Å². The molecule has 0 bridgehead atoms. The number of rotatable bonds is 5. The second kappa shape index (κ2) is 8.66. The molecule has 1 atom stereocenters. The molecule has 0 radical (unpaired) electrons. The van der Waals surface area contributed by atoms with Crippen molar-refractivity contribution in [2.75, 3.05) is 18.9 Å². The van der Waals surface area contributed by atoms with Crippen LogP contribution in [0.1, 0.15) is 31.2 Å². The van der Waals surface area contributed by atoms with Crippen LogP contribution >= 0.6 is 23.4 Å². The minimum atomic E-state index is 0.0103. The molecule has 1 aliphatic rings. The van der Waals surface area contributed by atoms with Crippen LogP contribution < -0.4 is 0 Å². The average molecular weight is 328 g/mol. The van der Waals surface area contributed by atoms with Crippen LogP contribution in [0.3, 0.4) is 0 Å². The molecule has 3 nitrogen and oxygen atoms in total. The van der Waals surface area contributed by atoms with E-state index in [0.717, 1.165) is 43.0 Å². The molecule has 1 heterocycles. The lowest BCUT2D eigenvalue weighted by Gasteiger charge is -2.28. The molecular weight excluding hydrogens is 306 g/mol. The number of likely N-dealkylation sites (tertiary alicyclic amines) is 1. The van der Waals surface area contributed by atoms with Crippen molar-refractivity contribution in [1.82, 2.24) is 4.90 Å². The molecule has 2 rings (SSSR count). The maximum Gasteiger partial charge on any atom is 0.232 e. The van der Waals surface area contributed by atoms with E-state index in [9.17, 15) is 9.90 Å². The summed E-state index contributed by atoms with van der Waals surface area (Å²) < 4.78 is 0. The van der Waals surface area contributed by atoms with Gasteiger partial charge >= 0.3 is 0 Å². The van der Waals surface area contributed by atoms with Crippen molar-refractivity contribution >= 4 is 29.3 Å². The molecule has 0 aromatic heterocycles. The van der Waals surface area contributed by atoms with Gasteiger partial charge in [-0.25, -0.2) is 0 Å². The smallest absolute Gasteiger partial charge is 0.232 e. The molecule has 1 aromatic rings. The van der Waals surface area contributed by atoms with E-state index < -0.39 is 0 Å². The zero-order chi connectivity index (χ0) is 15.1. The first-order valence-corrected chi connectivity index (χ1v) is 8.96. The Morgan fingerprint density at radius 2 is 2.05 bits per heavy atom. The monoisotopic (exact) mass is 327 g/mol. The first kappa shape index (κ1) is 16.7. The Morgan fingerprint density at radius 3 is 2.76 bits per heavy atom. The van der Waals surface area contributed by atoms with Crippen LogP contribution in [0.5, 0.6) is 0 Å². The van der Waals surface area contributed by atoms with E-state index in [-0.39, 0.29) is 18.6 Å². The molecule has 5 heteroatoms. The van der Waals surface area contributed by atoms with E-state index in [2.05, 4.69) is 0 Å². The normalized spacial score (nSPS) is 19.3. The fourth-order valence-corrected chi connectivity index (χ4v) is 3.61. The van der Waals surface area contributed by atoms with Gasteiger partial charge in [0, 0.05) is 17.3 Å². The van der Waals surface area contributed by atoms with Crippen LogP contribution in [-0.2, 0) is 10.5 Å². The summed E-state index contributed by atoms with van der Waals surface area (Å²) >= 11 is 7.47. The molecular formula is C16H22ClNO2S. The predicted molar refractivity (Wildman–Crippen MR) is 88.7 cm³/mol. The standard InChI is InChI=1S/C16H22ClNO2S/c17-14-7-5-13(6-8-14)11-21-12-16(20)18-9-3-1-2-4-15(18)10-19/h5-8,15,19H,1-4,9-12H2. The maximum atomic E-state index is 12.3. The number of hydrogen-bond acceptors (Lipinski definition) is 3. The summed E-state index contributed by atoms with van der Waals surface area (Å²) in [6.45, 7) is 0.860. The molecule has 1 amide bonds. The first-order chi connectivity index (χ1) is 10.2. The summed E-state index contributed by atoms with van der Waals surface area (Å²) in [6, 6.07) is 7.73. The molecule has 1 N–H and O–H groups in total. The van der Waals surface area contributed by atoms with Gasteiger partial charge in [0.1, 0.15) is 0 Å². The topological polar surface area (TPSA) is 40.5 Å². The van der Waals surface area contributed by atoms with Gasteiger partial charge in [-0.3, -0.25) is 4.79 Å². The second-order valence-corrected chi connectivity index (χ2v) is 6.81. The van der Waals surface area contributed by atoms with Crippen LogP contribution in [0.25, 0.3) is 0 Å². The van der Waals surface area contributed by atoms with Gasteiger partial charge in [-0.1, -0.05) is 36.6 Å². The minimum absolute atomic E-state index is 0.0103. The van der Waals surface area contributed by atoms with Crippen molar-refractivity contribution in [2.24, 2.45) is 0 Å². The predicted octanol–water partition coefficient (Wildman–Crippen LogP) is 3.34. The molecule has 116 valence electrons. The number of thioether (sulfide) groups is 1. The molecule has 1 aliphatic heterocycles. The van der Waals surface area contributed by atoms with Crippen molar-refractivity contribution in [3.8, 4) is 0 Å². The zero-order valence-electron chi connectivity index (χ0n) is 12.1. The van der Waals surface area contributed by atoms with Gasteiger partial charge in [-0.05, 0) is 30.5 Å². The molecule has 21 heavy (non-hydrogen) atoms. The number of carbonyl (C=O) groups excluding carboxylic acids is 1. The number of carbonyl (C=O) groups is 1. The van der Waals surface area contributed by atoms with Crippen molar-refractivity contribution in [1.29, 1.82) is 0 Å². The number of halogens is 1. The highest BCUT2D eigenvalue weighted by molar-refractivity contribution is 7.99. The zero-order valence-corrected chi connectivity index (χ0v) is 13.7. The van der Waals surface area contributed by atoms with Gasteiger partial charge < -0.3 is 10.0 Å². The number of aliphatic hydroxyl groups excluding tert-OH is 1. The van der Waals surface area contributed by atoms with E-state index in [1.165, 1.54) is 5.56 Å². The van der Waals surface area contributed by atoms with Crippen molar-refractivity contribution in [3.05, 3.63) is 34.9 Å². The van der Waals surface area contributed by atoms with Crippen molar-refractivity contribution < 1.29 is 9.90 Å². The van der Waals surface area contributed by atoms with Crippen LogP contribution in [0.2, 0.25) is 5.02 Å². The molecule has 0 spiro atoms. The lowest BCUT2D eigenvalue weighted by Crippen LogP contribution is -2.43. The number of nitrogens with zero attached hydrogens (tertiary/aromatic N) is 1. The summed E-state index contributed by atoms with van der Waals surface area (Å²) in [5, 5.41) is 10.2. The van der Waals surface area contributed by atoms with Gasteiger partial charge in [0.05, 0.1) is 18.4 Å². The lowest BCUT2D eigenvalue weighted by atomic mass is 10.1. The van der Waals surface area contributed by atoms with Crippen molar-refractivity contribution in [3.63, 3.8) is 0 Å². The third kappa shape index (κ3) is 5.20. The molecule has 1 fully saturated rings. The Balaban J connectivity index is 1.81. The summed E-state index contributed by atoms with van der Waals surface area (Å²) in [4.78, 5) is 14.2. The second-order valence-electron chi connectivity index (χ2n) is 5.39. The van der Waals surface area contributed by atoms with Crippen LogP contribution in [0.15, 0.2) is 24.3 Å². The quantitative estimate of drug-likeness (QED) is 0.901. The first-order valence-electron chi connectivity index (χ1n) is 7.43. The minimum Gasteiger partial charge on any atom is -0.394 e. The Morgan fingerprint density at radius 1 is 1.29 bits per heavy atom. The summed E-state index contributed by atoms with van der Waals surface area (Å²) in [6.07, 6.45) is 4.22.